The van der Waals surface area contributed by atoms with Crippen LogP contribution in [-0.4, -0.2) is 12.5 Å². The number of nitrogens with one attached hydrogen (secondary N) is 1. The number of carbonyl (C=O) groups is 1. The predicted octanol–water partition coefficient (Wildman–Crippen LogP) is 5.08. The van der Waals surface area contributed by atoms with Crippen LogP contribution in [0.1, 0.15) is 76.8 Å². The second-order valence-corrected chi connectivity index (χ2v) is 6.77. The van der Waals surface area contributed by atoms with Gasteiger partial charge in [-0.15, -0.1) is 0 Å². The van der Waals surface area contributed by atoms with Gasteiger partial charge in [-0.1, -0.05) is 70.7 Å². The smallest absolute Gasteiger partial charge is 0.227 e. The minimum atomic E-state index is -0.0660. The van der Waals surface area contributed by atoms with Gasteiger partial charge in [-0.25, -0.2) is 0 Å². The van der Waals surface area contributed by atoms with Gasteiger partial charge in [0.05, 0.1) is 5.92 Å². The third-order valence-corrected chi connectivity index (χ3v) is 4.10. The first-order valence-electron chi connectivity index (χ1n) is 8.91. The van der Waals surface area contributed by atoms with E-state index in [0.717, 1.165) is 24.9 Å². The highest BCUT2D eigenvalue weighted by atomic mass is 16.1. The molecule has 0 radical (unpaired) electrons. The molecule has 22 heavy (non-hydrogen) atoms. The molecule has 0 aliphatic carbocycles. The SMILES string of the molecule is CCCCCCCNC(=O)C(C)c1ccc(CC(C)C)cc1. The highest BCUT2D eigenvalue weighted by molar-refractivity contribution is 5.83. The van der Waals surface area contributed by atoms with Gasteiger partial charge in [-0.3, -0.25) is 4.79 Å². The number of unbranched alkanes of at least 4 members (excludes halogenated alkanes) is 4. The summed E-state index contributed by atoms with van der Waals surface area (Å²) in [4.78, 5) is 12.2. The van der Waals surface area contributed by atoms with Crippen LogP contribution >= 0.6 is 0 Å². The Morgan fingerprint density at radius 2 is 1.64 bits per heavy atom. The highest BCUT2D eigenvalue weighted by Gasteiger charge is 2.14. The lowest BCUT2D eigenvalue weighted by Gasteiger charge is -2.13. The largest absolute Gasteiger partial charge is 0.356 e. The summed E-state index contributed by atoms with van der Waals surface area (Å²) < 4.78 is 0. The maximum absolute atomic E-state index is 12.2. The van der Waals surface area contributed by atoms with E-state index in [9.17, 15) is 4.79 Å². The lowest BCUT2D eigenvalue weighted by Crippen LogP contribution is -2.28. The van der Waals surface area contributed by atoms with Crippen molar-refractivity contribution in [1.29, 1.82) is 0 Å². The van der Waals surface area contributed by atoms with Gasteiger partial charge in [0, 0.05) is 6.54 Å². The van der Waals surface area contributed by atoms with Crippen molar-refractivity contribution in [1.82, 2.24) is 5.32 Å². The summed E-state index contributed by atoms with van der Waals surface area (Å²) in [6, 6.07) is 8.51. The first-order valence-corrected chi connectivity index (χ1v) is 8.91. The maximum atomic E-state index is 12.2. The minimum absolute atomic E-state index is 0.0660. The van der Waals surface area contributed by atoms with Crippen LogP contribution in [-0.2, 0) is 11.2 Å². The Bertz CT molecular complexity index is 422. The van der Waals surface area contributed by atoms with Crippen LogP contribution in [0.3, 0.4) is 0 Å². The molecule has 1 rings (SSSR count). The first-order chi connectivity index (χ1) is 10.5. The van der Waals surface area contributed by atoms with Gasteiger partial charge in [-0.2, -0.15) is 0 Å². The van der Waals surface area contributed by atoms with E-state index in [2.05, 4.69) is 50.4 Å². The minimum Gasteiger partial charge on any atom is -0.356 e. The lowest BCUT2D eigenvalue weighted by atomic mass is 9.96. The molecule has 2 heteroatoms. The quantitative estimate of drug-likeness (QED) is 0.600. The third kappa shape index (κ3) is 7.11. The summed E-state index contributed by atoms with van der Waals surface area (Å²) in [7, 11) is 0. The molecule has 0 aromatic heterocycles. The van der Waals surface area contributed by atoms with E-state index < -0.39 is 0 Å². The van der Waals surface area contributed by atoms with Gasteiger partial charge < -0.3 is 5.32 Å². The van der Waals surface area contributed by atoms with Gasteiger partial charge in [0.1, 0.15) is 0 Å². The zero-order valence-electron chi connectivity index (χ0n) is 14.8. The summed E-state index contributed by atoms with van der Waals surface area (Å²) in [6.07, 6.45) is 7.24. The van der Waals surface area contributed by atoms with Crippen LogP contribution in [0.25, 0.3) is 0 Å². The Hall–Kier alpha value is -1.31. The van der Waals surface area contributed by atoms with Gasteiger partial charge >= 0.3 is 0 Å². The van der Waals surface area contributed by atoms with Gasteiger partial charge in [0.15, 0.2) is 0 Å². The van der Waals surface area contributed by atoms with E-state index in [1.165, 1.54) is 31.2 Å². The second kappa shape index (κ2) is 10.4. The van der Waals surface area contributed by atoms with Crippen molar-refractivity contribution >= 4 is 5.91 Å². The maximum Gasteiger partial charge on any atom is 0.227 e. The molecule has 1 amide bonds. The Balaban J connectivity index is 2.36. The molecule has 0 saturated carbocycles. The van der Waals surface area contributed by atoms with E-state index in [1.807, 2.05) is 6.92 Å². The lowest BCUT2D eigenvalue weighted by molar-refractivity contribution is -0.122. The number of hydrogen-bond donors (Lipinski definition) is 1. The molecule has 0 saturated heterocycles. The van der Waals surface area contributed by atoms with Crippen molar-refractivity contribution in [3.63, 3.8) is 0 Å². The zero-order chi connectivity index (χ0) is 16.4. The highest BCUT2D eigenvalue weighted by Crippen LogP contribution is 2.17. The molecule has 1 atom stereocenters. The van der Waals surface area contributed by atoms with Crippen LogP contribution < -0.4 is 5.32 Å². The number of benzene rings is 1. The molecule has 124 valence electrons. The van der Waals surface area contributed by atoms with Gasteiger partial charge in [0.2, 0.25) is 5.91 Å². The van der Waals surface area contributed by atoms with Crippen LogP contribution in [0.5, 0.6) is 0 Å². The zero-order valence-corrected chi connectivity index (χ0v) is 14.8. The van der Waals surface area contributed by atoms with E-state index in [1.54, 1.807) is 0 Å². The molecular weight excluding hydrogens is 270 g/mol. The second-order valence-electron chi connectivity index (χ2n) is 6.77. The predicted molar refractivity (Wildman–Crippen MR) is 95.2 cm³/mol. The molecule has 0 fully saturated rings. The van der Waals surface area contributed by atoms with Crippen LogP contribution in [0.15, 0.2) is 24.3 Å². The molecule has 0 aliphatic rings. The summed E-state index contributed by atoms with van der Waals surface area (Å²) in [5.41, 5.74) is 2.46. The summed E-state index contributed by atoms with van der Waals surface area (Å²) >= 11 is 0. The third-order valence-electron chi connectivity index (χ3n) is 4.10. The Labute approximate surface area is 136 Å². The number of hydrogen-bond acceptors (Lipinski definition) is 1. The Kier molecular flexibility index (Phi) is 8.88. The molecule has 1 N–H and O–H groups in total. The van der Waals surface area contributed by atoms with Crippen molar-refractivity contribution in [3.8, 4) is 0 Å². The number of carbonyl (C=O) groups excluding carboxylic acids is 1. The normalized spacial score (nSPS) is 12.4. The number of amides is 1. The summed E-state index contributed by atoms with van der Waals surface area (Å²) in [5.74, 6) is 0.745. The van der Waals surface area contributed by atoms with Crippen LogP contribution in [0.2, 0.25) is 0 Å². The van der Waals surface area contributed by atoms with Crippen molar-refractivity contribution < 1.29 is 4.79 Å². The van der Waals surface area contributed by atoms with E-state index in [0.29, 0.717) is 5.92 Å². The molecule has 0 aliphatic heterocycles. The van der Waals surface area contributed by atoms with Crippen LogP contribution in [0.4, 0.5) is 0 Å². The Morgan fingerprint density at radius 3 is 2.23 bits per heavy atom. The monoisotopic (exact) mass is 303 g/mol. The Morgan fingerprint density at radius 1 is 1.00 bits per heavy atom. The van der Waals surface area contributed by atoms with Crippen molar-refractivity contribution in [3.05, 3.63) is 35.4 Å². The topological polar surface area (TPSA) is 29.1 Å². The van der Waals surface area contributed by atoms with E-state index in [-0.39, 0.29) is 11.8 Å². The molecule has 0 bridgehead atoms. The average molecular weight is 303 g/mol. The van der Waals surface area contributed by atoms with Gasteiger partial charge in [-0.05, 0) is 36.8 Å². The molecule has 0 heterocycles. The molecule has 2 nitrogen and oxygen atoms in total. The fraction of sp³-hybridized carbons (Fsp3) is 0.650. The van der Waals surface area contributed by atoms with Gasteiger partial charge in [0.25, 0.3) is 0 Å². The van der Waals surface area contributed by atoms with Crippen LogP contribution in [0, 0.1) is 5.92 Å². The molecule has 1 aromatic carbocycles. The molecule has 0 spiro atoms. The van der Waals surface area contributed by atoms with E-state index in [4.69, 9.17) is 0 Å². The molecular formula is C20H33NO. The standard InChI is InChI=1S/C20H33NO/c1-5-6-7-8-9-14-21-20(22)17(4)19-12-10-18(11-13-19)15-16(2)3/h10-13,16-17H,5-9,14-15H2,1-4H3,(H,21,22). The molecule has 1 unspecified atom stereocenters. The summed E-state index contributed by atoms with van der Waals surface area (Å²) in [5, 5.41) is 3.07. The molecule has 1 aromatic rings. The van der Waals surface area contributed by atoms with E-state index >= 15 is 0 Å². The fourth-order valence-electron chi connectivity index (χ4n) is 2.66. The van der Waals surface area contributed by atoms with Crippen molar-refractivity contribution in [2.45, 2.75) is 72.1 Å². The summed E-state index contributed by atoms with van der Waals surface area (Å²) in [6.45, 7) is 9.47. The fourth-order valence-corrected chi connectivity index (χ4v) is 2.66. The average Bonchev–Trinajstić information content (AvgIpc) is 2.50. The van der Waals surface area contributed by atoms with Crippen molar-refractivity contribution in [2.75, 3.05) is 6.54 Å². The van der Waals surface area contributed by atoms with Crippen molar-refractivity contribution in [2.24, 2.45) is 5.92 Å². The first kappa shape index (κ1) is 18.7. The number of rotatable bonds is 10.